The highest BCUT2D eigenvalue weighted by Gasteiger charge is 2.46. The number of fused-ring (bicyclic) bond motifs is 6. The van der Waals surface area contributed by atoms with Crippen molar-refractivity contribution < 1.29 is 0 Å². The Balaban J connectivity index is 1.16. The number of rotatable bonds is 7. The van der Waals surface area contributed by atoms with E-state index in [1.54, 1.807) is 11.3 Å². The highest BCUT2D eigenvalue weighted by atomic mass is 32.1. The summed E-state index contributed by atoms with van der Waals surface area (Å²) in [6.45, 7) is 0. The Kier molecular flexibility index (Phi) is 8.58. The average Bonchev–Trinajstić information content (AvgIpc) is 3.89. The molecule has 3 aromatic heterocycles. The molecule has 0 spiro atoms. The van der Waals surface area contributed by atoms with E-state index in [-0.39, 0.29) is 0 Å². The summed E-state index contributed by atoms with van der Waals surface area (Å²) in [7, 11) is 0. The van der Waals surface area contributed by atoms with Crippen molar-refractivity contribution in [2.45, 2.75) is 5.41 Å². The third-order valence-corrected chi connectivity index (χ3v) is 13.6. The zero-order valence-corrected chi connectivity index (χ0v) is 34.4. The van der Waals surface area contributed by atoms with Crippen molar-refractivity contribution in [3.8, 4) is 67.3 Å². The number of thiophene rings is 1. The number of nitrogens with zero attached hydrogens (tertiary/aromatic N) is 3. The minimum Gasteiger partial charge on any atom is -0.255 e. The van der Waals surface area contributed by atoms with Gasteiger partial charge in [-0.2, -0.15) is 0 Å². The molecule has 11 aromatic rings. The van der Waals surface area contributed by atoms with E-state index in [0.29, 0.717) is 5.82 Å². The molecule has 4 heteroatoms. The Morgan fingerprint density at radius 1 is 0.387 bits per heavy atom. The maximum atomic E-state index is 5.36. The maximum Gasteiger partial charge on any atom is 0.160 e. The summed E-state index contributed by atoms with van der Waals surface area (Å²) in [5.41, 5.74) is 17.3. The number of hydrogen-bond acceptors (Lipinski definition) is 4. The fraction of sp³-hybridized carbons (Fsp3) is 0.0172. The molecule has 0 N–H and O–H groups in total. The average molecular weight is 808 g/mol. The Morgan fingerprint density at radius 3 is 1.60 bits per heavy atom. The summed E-state index contributed by atoms with van der Waals surface area (Å²) in [5.74, 6) is 0.672. The summed E-state index contributed by atoms with van der Waals surface area (Å²) < 4.78 is 2.39. The van der Waals surface area contributed by atoms with Crippen LogP contribution in [0.2, 0.25) is 0 Å². The van der Waals surface area contributed by atoms with E-state index in [2.05, 4.69) is 206 Å². The third-order valence-electron chi connectivity index (χ3n) is 12.4. The molecular weight excluding hydrogens is 771 g/mol. The molecule has 0 unspecified atom stereocenters. The van der Waals surface area contributed by atoms with Gasteiger partial charge in [-0.25, -0.2) is 9.97 Å². The normalized spacial score (nSPS) is 12.6. The quantitative estimate of drug-likeness (QED) is 0.161. The number of benzene rings is 8. The highest BCUT2D eigenvalue weighted by Crippen LogP contribution is 2.58. The third kappa shape index (κ3) is 5.76. The van der Waals surface area contributed by atoms with Gasteiger partial charge in [-0.15, -0.1) is 11.3 Å². The lowest BCUT2D eigenvalue weighted by molar-refractivity contribution is 0.768. The second kappa shape index (κ2) is 14.7. The van der Waals surface area contributed by atoms with Crippen molar-refractivity contribution in [3.63, 3.8) is 0 Å². The van der Waals surface area contributed by atoms with Gasteiger partial charge in [-0.1, -0.05) is 182 Å². The summed E-state index contributed by atoms with van der Waals surface area (Å²) in [4.78, 5) is 15.7. The van der Waals surface area contributed by atoms with Crippen molar-refractivity contribution in [1.29, 1.82) is 0 Å². The summed E-state index contributed by atoms with van der Waals surface area (Å²) in [6, 6.07) is 78.5. The van der Waals surface area contributed by atoms with E-state index >= 15 is 0 Å². The molecule has 0 saturated heterocycles. The standard InChI is InChI=1S/C58H37N3S/c1-5-18-38(19-6-1)51-37-52(39-20-7-2-8-21-39)61-57(60-51)42-35-40(34-41(36-42)46-32-33-59-55-48-27-14-16-31-53(48)62-56(46)55)45-28-17-30-50-54(45)47-26-13-15-29-49(47)58(50,43-22-9-3-10-23-43)44-24-11-4-12-25-44/h1-37H. The van der Waals surface area contributed by atoms with Crippen LogP contribution in [0.15, 0.2) is 225 Å². The second-order valence-electron chi connectivity index (χ2n) is 15.9. The summed E-state index contributed by atoms with van der Waals surface area (Å²) >= 11 is 1.80. The first-order valence-corrected chi connectivity index (χ1v) is 21.8. The molecular formula is C58H37N3S. The van der Waals surface area contributed by atoms with Crippen molar-refractivity contribution in [1.82, 2.24) is 15.0 Å². The van der Waals surface area contributed by atoms with E-state index in [1.807, 2.05) is 18.3 Å². The van der Waals surface area contributed by atoms with Gasteiger partial charge in [-0.05, 0) is 86.5 Å². The van der Waals surface area contributed by atoms with Crippen molar-refractivity contribution in [2.24, 2.45) is 0 Å². The van der Waals surface area contributed by atoms with Gasteiger partial charge in [0.2, 0.25) is 0 Å². The van der Waals surface area contributed by atoms with E-state index in [9.17, 15) is 0 Å². The smallest absolute Gasteiger partial charge is 0.160 e. The molecule has 0 saturated carbocycles. The van der Waals surface area contributed by atoms with Crippen molar-refractivity contribution in [3.05, 3.63) is 247 Å². The molecule has 8 aromatic carbocycles. The van der Waals surface area contributed by atoms with Crippen LogP contribution in [-0.2, 0) is 5.41 Å². The summed E-state index contributed by atoms with van der Waals surface area (Å²) in [6.07, 6.45) is 1.95. The lowest BCUT2D eigenvalue weighted by atomic mass is 9.67. The van der Waals surface area contributed by atoms with E-state index in [1.165, 1.54) is 43.5 Å². The zero-order valence-electron chi connectivity index (χ0n) is 33.6. The Bertz CT molecular complexity index is 3350. The molecule has 3 heterocycles. The van der Waals surface area contributed by atoms with Crippen molar-refractivity contribution >= 4 is 31.6 Å². The van der Waals surface area contributed by atoms with Crippen LogP contribution in [0.3, 0.4) is 0 Å². The minimum absolute atomic E-state index is 0.517. The first-order valence-electron chi connectivity index (χ1n) is 21.0. The van der Waals surface area contributed by atoms with Gasteiger partial charge in [0.1, 0.15) is 0 Å². The molecule has 1 aliphatic carbocycles. The molecule has 0 radical (unpaired) electrons. The molecule has 3 nitrogen and oxygen atoms in total. The van der Waals surface area contributed by atoms with Gasteiger partial charge in [0.15, 0.2) is 5.82 Å². The van der Waals surface area contributed by atoms with Crippen LogP contribution >= 0.6 is 11.3 Å². The monoisotopic (exact) mass is 807 g/mol. The molecule has 0 atom stereocenters. The molecule has 290 valence electrons. The minimum atomic E-state index is -0.517. The zero-order chi connectivity index (χ0) is 41.0. The van der Waals surface area contributed by atoms with Gasteiger partial charge in [0.05, 0.1) is 27.0 Å². The van der Waals surface area contributed by atoms with E-state index < -0.39 is 5.41 Å². The van der Waals surface area contributed by atoms with Crippen LogP contribution in [0.25, 0.3) is 87.6 Å². The first kappa shape index (κ1) is 36.1. The number of aromatic nitrogens is 3. The van der Waals surface area contributed by atoms with Gasteiger partial charge >= 0.3 is 0 Å². The molecule has 0 bridgehead atoms. The van der Waals surface area contributed by atoms with Crippen LogP contribution in [0.1, 0.15) is 22.3 Å². The first-order chi connectivity index (χ1) is 30.7. The molecule has 1 aliphatic rings. The van der Waals surface area contributed by atoms with Crippen molar-refractivity contribution in [2.75, 3.05) is 0 Å². The second-order valence-corrected chi connectivity index (χ2v) is 16.9. The van der Waals surface area contributed by atoms with Crippen LogP contribution in [0.5, 0.6) is 0 Å². The van der Waals surface area contributed by atoms with E-state index in [0.717, 1.165) is 60.5 Å². The van der Waals surface area contributed by atoms with Crippen LogP contribution < -0.4 is 0 Å². The van der Waals surface area contributed by atoms with Crippen LogP contribution in [0.4, 0.5) is 0 Å². The highest BCUT2D eigenvalue weighted by molar-refractivity contribution is 7.26. The molecule has 12 rings (SSSR count). The predicted octanol–water partition coefficient (Wildman–Crippen LogP) is 14.9. The van der Waals surface area contributed by atoms with E-state index in [4.69, 9.17) is 15.0 Å². The van der Waals surface area contributed by atoms with Gasteiger partial charge in [0, 0.05) is 38.5 Å². The van der Waals surface area contributed by atoms with Gasteiger partial charge in [-0.3, -0.25) is 4.98 Å². The molecule has 0 amide bonds. The predicted molar refractivity (Wildman–Crippen MR) is 257 cm³/mol. The SMILES string of the molecule is c1ccc(-c2cc(-c3ccccc3)nc(-c3cc(-c4cccc5c4-c4ccccc4C5(c4ccccc4)c4ccccc4)cc(-c4ccnc5c4sc4ccccc45)c3)n2)cc1. The topological polar surface area (TPSA) is 38.7 Å². The van der Waals surface area contributed by atoms with Gasteiger partial charge < -0.3 is 0 Å². The lowest BCUT2D eigenvalue weighted by Crippen LogP contribution is -2.28. The lowest BCUT2D eigenvalue weighted by Gasteiger charge is -2.34. The Hall–Kier alpha value is -7.79. The Morgan fingerprint density at radius 2 is 0.919 bits per heavy atom. The van der Waals surface area contributed by atoms with Crippen LogP contribution in [-0.4, -0.2) is 15.0 Å². The Labute approximate surface area is 364 Å². The molecule has 0 fully saturated rings. The fourth-order valence-corrected chi connectivity index (χ4v) is 10.9. The number of pyridine rings is 1. The maximum absolute atomic E-state index is 5.36. The molecule has 0 aliphatic heterocycles. The molecule has 62 heavy (non-hydrogen) atoms. The summed E-state index contributed by atoms with van der Waals surface area (Å²) in [5, 5.41) is 1.17. The number of hydrogen-bond donors (Lipinski definition) is 0. The fourth-order valence-electron chi connectivity index (χ4n) is 9.72. The van der Waals surface area contributed by atoms with Crippen LogP contribution in [0, 0.1) is 0 Å². The largest absolute Gasteiger partial charge is 0.255 e. The van der Waals surface area contributed by atoms with Gasteiger partial charge in [0.25, 0.3) is 0 Å².